The second-order valence-corrected chi connectivity index (χ2v) is 6.84. The van der Waals surface area contributed by atoms with Crippen LogP contribution in [0, 0.1) is 6.92 Å². The van der Waals surface area contributed by atoms with E-state index in [2.05, 4.69) is 20.4 Å². The van der Waals surface area contributed by atoms with E-state index < -0.39 is 0 Å². The van der Waals surface area contributed by atoms with E-state index in [0.717, 1.165) is 28.1 Å². The van der Waals surface area contributed by atoms with Crippen LogP contribution in [0.5, 0.6) is 11.5 Å². The standard InChI is InChI=1S/C20H16ClN5O2/c1-12-2-4-14(9-16(12)21)26-20-15(10-24-26)19(22-11-23-20)25-13-3-5-17-18(8-13)28-7-6-27-17/h2-5,8-11H,6-7H2,1H3,(H,22,23,25). The molecule has 0 radical (unpaired) electrons. The summed E-state index contributed by atoms with van der Waals surface area (Å²) in [4.78, 5) is 8.78. The summed E-state index contributed by atoms with van der Waals surface area (Å²) in [5, 5.41) is 9.28. The van der Waals surface area contributed by atoms with Gasteiger partial charge in [-0.15, -0.1) is 0 Å². The molecule has 140 valence electrons. The highest BCUT2D eigenvalue weighted by molar-refractivity contribution is 6.31. The van der Waals surface area contributed by atoms with Crippen LogP contribution in [0.25, 0.3) is 16.7 Å². The van der Waals surface area contributed by atoms with Crippen molar-refractivity contribution in [3.63, 3.8) is 0 Å². The Morgan fingerprint density at radius 2 is 1.89 bits per heavy atom. The van der Waals surface area contributed by atoms with Gasteiger partial charge in [-0.1, -0.05) is 17.7 Å². The Kier molecular flexibility index (Phi) is 4.02. The lowest BCUT2D eigenvalue weighted by atomic mass is 10.2. The Bertz CT molecular complexity index is 1190. The van der Waals surface area contributed by atoms with Crippen molar-refractivity contribution in [3.05, 3.63) is 59.5 Å². The van der Waals surface area contributed by atoms with Gasteiger partial charge in [0.1, 0.15) is 25.4 Å². The Morgan fingerprint density at radius 3 is 2.75 bits per heavy atom. The molecule has 0 amide bonds. The number of aryl methyl sites for hydroxylation is 1. The van der Waals surface area contributed by atoms with Crippen molar-refractivity contribution in [2.75, 3.05) is 18.5 Å². The molecule has 2 aromatic carbocycles. The molecule has 1 aliphatic heterocycles. The molecular weight excluding hydrogens is 378 g/mol. The van der Waals surface area contributed by atoms with E-state index in [9.17, 15) is 0 Å². The van der Waals surface area contributed by atoms with Crippen molar-refractivity contribution in [2.24, 2.45) is 0 Å². The second kappa shape index (κ2) is 6.69. The monoisotopic (exact) mass is 393 g/mol. The number of rotatable bonds is 3. The highest BCUT2D eigenvalue weighted by atomic mass is 35.5. The van der Waals surface area contributed by atoms with E-state index in [0.29, 0.717) is 35.5 Å². The minimum absolute atomic E-state index is 0.542. The molecule has 0 aliphatic carbocycles. The maximum atomic E-state index is 6.27. The predicted octanol–water partition coefficient (Wildman–Crippen LogP) is 4.29. The summed E-state index contributed by atoms with van der Waals surface area (Å²) in [7, 11) is 0. The smallest absolute Gasteiger partial charge is 0.168 e. The minimum atomic E-state index is 0.542. The fourth-order valence-electron chi connectivity index (χ4n) is 3.10. The molecule has 0 unspecified atom stereocenters. The summed E-state index contributed by atoms with van der Waals surface area (Å²) in [5.74, 6) is 2.12. The molecule has 5 rings (SSSR count). The van der Waals surface area contributed by atoms with E-state index in [-0.39, 0.29) is 0 Å². The molecule has 0 atom stereocenters. The summed E-state index contributed by atoms with van der Waals surface area (Å²) in [6.07, 6.45) is 3.25. The van der Waals surface area contributed by atoms with Gasteiger partial charge in [-0.05, 0) is 36.8 Å². The van der Waals surface area contributed by atoms with Gasteiger partial charge >= 0.3 is 0 Å². The first-order valence-corrected chi connectivity index (χ1v) is 9.19. The van der Waals surface area contributed by atoms with Gasteiger partial charge in [0.25, 0.3) is 0 Å². The van der Waals surface area contributed by atoms with Crippen LogP contribution < -0.4 is 14.8 Å². The van der Waals surface area contributed by atoms with Crippen LogP contribution in [0.3, 0.4) is 0 Å². The van der Waals surface area contributed by atoms with Gasteiger partial charge in [0.05, 0.1) is 17.3 Å². The second-order valence-electron chi connectivity index (χ2n) is 6.43. The number of hydrogen-bond donors (Lipinski definition) is 1. The summed E-state index contributed by atoms with van der Waals surface area (Å²) in [6.45, 7) is 3.07. The lowest BCUT2D eigenvalue weighted by Crippen LogP contribution is -2.15. The maximum Gasteiger partial charge on any atom is 0.168 e. The van der Waals surface area contributed by atoms with Gasteiger partial charge in [0, 0.05) is 16.8 Å². The summed E-state index contributed by atoms with van der Waals surface area (Å²) in [6, 6.07) is 11.5. The molecule has 0 saturated carbocycles. The van der Waals surface area contributed by atoms with Crippen molar-refractivity contribution in [1.82, 2.24) is 19.7 Å². The molecular formula is C20H16ClN5O2. The number of nitrogens with zero attached hydrogens (tertiary/aromatic N) is 4. The SMILES string of the molecule is Cc1ccc(-n2ncc3c(Nc4ccc5c(c4)OCCO5)ncnc32)cc1Cl. The first-order valence-electron chi connectivity index (χ1n) is 8.81. The van der Waals surface area contributed by atoms with Gasteiger partial charge in [-0.3, -0.25) is 0 Å². The fourth-order valence-corrected chi connectivity index (χ4v) is 3.28. The normalized spacial score (nSPS) is 12.9. The maximum absolute atomic E-state index is 6.27. The van der Waals surface area contributed by atoms with Gasteiger partial charge in [-0.25, -0.2) is 14.6 Å². The van der Waals surface area contributed by atoms with Gasteiger partial charge in [-0.2, -0.15) is 5.10 Å². The molecule has 0 fully saturated rings. The summed E-state index contributed by atoms with van der Waals surface area (Å²) in [5.41, 5.74) is 3.39. The molecule has 1 aliphatic rings. The molecule has 4 aromatic rings. The molecule has 8 heteroatoms. The number of fused-ring (bicyclic) bond motifs is 2. The van der Waals surface area contributed by atoms with E-state index in [4.69, 9.17) is 21.1 Å². The number of anilines is 2. The van der Waals surface area contributed by atoms with Crippen LogP contribution in [0.2, 0.25) is 5.02 Å². The zero-order valence-electron chi connectivity index (χ0n) is 15.0. The number of nitrogens with one attached hydrogen (secondary N) is 1. The van der Waals surface area contributed by atoms with E-state index in [1.165, 1.54) is 6.33 Å². The average molecular weight is 394 g/mol. The van der Waals surface area contributed by atoms with Crippen LogP contribution in [-0.2, 0) is 0 Å². The van der Waals surface area contributed by atoms with Crippen molar-refractivity contribution in [1.29, 1.82) is 0 Å². The number of hydrogen-bond acceptors (Lipinski definition) is 6. The summed E-state index contributed by atoms with van der Waals surface area (Å²) >= 11 is 6.27. The number of ether oxygens (including phenoxy) is 2. The molecule has 0 spiro atoms. The first kappa shape index (κ1) is 16.8. The largest absolute Gasteiger partial charge is 0.486 e. The van der Waals surface area contributed by atoms with E-state index in [1.54, 1.807) is 10.9 Å². The Morgan fingerprint density at radius 1 is 1.04 bits per heavy atom. The van der Waals surface area contributed by atoms with Crippen molar-refractivity contribution in [2.45, 2.75) is 6.92 Å². The van der Waals surface area contributed by atoms with E-state index >= 15 is 0 Å². The zero-order chi connectivity index (χ0) is 19.1. The Balaban J connectivity index is 1.53. The number of benzene rings is 2. The zero-order valence-corrected chi connectivity index (χ0v) is 15.8. The predicted molar refractivity (Wildman–Crippen MR) is 107 cm³/mol. The van der Waals surface area contributed by atoms with Crippen LogP contribution in [0.4, 0.5) is 11.5 Å². The average Bonchev–Trinajstić information content (AvgIpc) is 3.15. The van der Waals surface area contributed by atoms with Gasteiger partial charge in [0.15, 0.2) is 17.1 Å². The Hall–Kier alpha value is -3.32. The van der Waals surface area contributed by atoms with Crippen molar-refractivity contribution in [3.8, 4) is 17.2 Å². The van der Waals surface area contributed by atoms with Crippen LogP contribution in [0.15, 0.2) is 48.9 Å². The lowest BCUT2D eigenvalue weighted by Gasteiger charge is -2.19. The fraction of sp³-hybridized carbons (Fsp3) is 0.150. The van der Waals surface area contributed by atoms with Crippen molar-refractivity contribution < 1.29 is 9.47 Å². The number of aromatic nitrogens is 4. The molecule has 1 N–H and O–H groups in total. The van der Waals surface area contributed by atoms with E-state index in [1.807, 2.05) is 43.3 Å². The molecule has 2 aromatic heterocycles. The molecule has 3 heterocycles. The molecule has 0 bridgehead atoms. The van der Waals surface area contributed by atoms with Crippen LogP contribution in [-0.4, -0.2) is 33.0 Å². The quantitative estimate of drug-likeness (QED) is 0.559. The van der Waals surface area contributed by atoms with Crippen molar-refractivity contribution >= 4 is 34.1 Å². The van der Waals surface area contributed by atoms with Crippen LogP contribution >= 0.6 is 11.6 Å². The van der Waals surface area contributed by atoms with Gasteiger partial charge < -0.3 is 14.8 Å². The topological polar surface area (TPSA) is 74.1 Å². The molecule has 28 heavy (non-hydrogen) atoms. The third kappa shape index (κ3) is 2.90. The Labute approximate surface area is 165 Å². The van der Waals surface area contributed by atoms with Gasteiger partial charge in [0.2, 0.25) is 0 Å². The number of halogens is 1. The third-order valence-electron chi connectivity index (χ3n) is 4.57. The lowest BCUT2D eigenvalue weighted by molar-refractivity contribution is 0.171. The molecule has 0 saturated heterocycles. The van der Waals surface area contributed by atoms with Crippen LogP contribution in [0.1, 0.15) is 5.56 Å². The highest BCUT2D eigenvalue weighted by Gasteiger charge is 2.15. The highest BCUT2D eigenvalue weighted by Crippen LogP contribution is 2.34. The molecule has 7 nitrogen and oxygen atoms in total. The minimum Gasteiger partial charge on any atom is -0.486 e. The first-order chi connectivity index (χ1) is 13.7. The third-order valence-corrected chi connectivity index (χ3v) is 4.98. The summed E-state index contributed by atoms with van der Waals surface area (Å²) < 4.78 is 13.0.